The molecule has 0 saturated heterocycles. The van der Waals surface area contributed by atoms with Crippen LogP contribution in [-0.2, 0) is 28.9 Å². The van der Waals surface area contributed by atoms with E-state index in [2.05, 4.69) is 42.7 Å². The maximum absolute atomic E-state index is 12.6. The number of anilines is 2. The van der Waals surface area contributed by atoms with E-state index in [1.807, 2.05) is 13.8 Å². The number of nitriles is 2. The molecule has 0 fully saturated rings. The second-order valence-corrected chi connectivity index (χ2v) is 12.3. The molecule has 0 atom stereocenters. The van der Waals surface area contributed by atoms with Gasteiger partial charge in [0.05, 0.1) is 34.0 Å². The van der Waals surface area contributed by atoms with Crippen LogP contribution >= 0.6 is 23.5 Å². The van der Waals surface area contributed by atoms with Gasteiger partial charge in [0, 0.05) is 23.5 Å². The third kappa shape index (κ3) is 10.4. The van der Waals surface area contributed by atoms with Crippen LogP contribution in [0.5, 0.6) is 0 Å². The molecule has 4 rings (SSSR count). The fourth-order valence-corrected chi connectivity index (χ4v) is 5.94. The smallest absolute Gasteiger partial charge is 0.251 e. The molecule has 2 amide bonds. The van der Waals surface area contributed by atoms with Crippen molar-refractivity contribution in [1.82, 2.24) is 19.9 Å². The van der Waals surface area contributed by atoms with E-state index in [1.54, 1.807) is 36.4 Å². The average molecular weight is 669 g/mol. The Labute approximate surface area is 279 Å². The number of nitrogens with one attached hydrogen (secondary N) is 4. The van der Waals surface area contributed by atoms with Gasteiger partial charge < -0.3 is 20.6 Å². The molecule has 12 nitrogen and oxygen atoms in total. The zero-order valence-electron chi connectivity index (χ0n) is 25.8. The van der Waals surface area contributed by atoms with Crippen LogP contribution in [0.4, 0.5) is 11.4 Å². The average Bonchev–Trinajstić information content (AvgIpc) is 3.04. The highest BCUT2D eigenvalue weighted by atomic mass is 32.2. The first kappa shape index (κ1) is 34.7. The van der Waals surface area contributed by atoms with E-state index in [0.717, 1.165) is 47.5 Å². The van der Waals surface area contributed by atoms with Gasteiger partial charge in [-0.1, -0.05) is 62.3 Å². The Hall–Kier alpha value is -5.18. The summed E-state index contributed by atoms with van der Waals surface area (Å²) in [6, 6.07) is 17.3. The van der Waals surface area contributed by atoms with Gasteiger partial charge in [-0.25, -0.2) is 9.97 Å². The summed E-state index contributed by atoms with van der Waals surface area (Å²) in [4.78, 5) is 63.0. The van der Waals surface area contributed by atoms with Crippen LogP contribution in [0, 0.1) is 22.7 Å². The number of thioether (sulfide) groups is 2. The van der Waals surface area contributed by atoms with Gasteiger partial charge in [0.2, 0.25) is 11.8 Å². The van der Waals surface area contributed by atoms with Crippen LogP contribution < -0.4 is 21.8 Å². The van der Waals surface area contributed by atoms with Gasteiger partial charge in [0.25, 0.3) is 11.1 Å². The first-order valence-corrected chi connectivity index (χ1v) is 16.8. The van der Waals surface area contributed by atoms with Gasteiger partial charge in [-0.2, -0.15) is 10.5 Å². The molecule has 4 N–H and O–H groups in total. The SMILES string of the molecule is CCCc1cc(=O)[nH]c(SCC(=O)Nc2ccc(Cc3ccc(NC(=O)CSc4nc(CCC)cc(=O)[nH]4)c(C#N)c3)cc2C#N)n1. The molecule has 0 aliphatic rings. The number of benzene rings is 2. The van der Waals surface area contributed by atoms with Gasteiger partial charge in [-0.05, 0) is 54.7 Å². The Bertz CT molecular complexity index is 1840. The molecule has 0 spiro atoms. The summed E-state index contributed by atoms with van der Waals surface area (Å²) in [7, 11) is 0. The lowest BCUT2D eigenvalue weighted by Crippen LogP contribution is -2.17. The minimum absolute atomic E-state index is 0.00774. The summed E-state index contributed by atoms with van der Waals surface area (Å²) in [5.74, 6) is -0.725. The monoisotopic (exact) mass is 668 g/mol. The number of aromatic amines is 2. The minimum Gasteiger partial charge on any atom is -0.324 e. The Balaban J connectivity index is 1.35. The standard InChI is InChI=1S/C33H32N8O4S2/c1-3-5-24-14-28(42)40-32(36-24)46-18-30(44)38-26-9-7-20(12-22(26)16-34)11-21-8-10-27(23(13-21)17-35)39-31(45)19-47-33-37-25(6-4-2)15-29(43)41-33/h7-10,12-15H,3-6,11,18-19H2,1-2H3,(H,38,44)(H,39,45)(H,36,40,42)(H,37,41,43). The first-order chi connectivity index (χ1) is 22.7. The van der Waals surface area contributed by atoms with Gasteiger partial charge in [0.15, 0.2) is 10.3 Å². The fourth-order valence-electron chi connectivity index (χ4n) is 4.55. The van der Waals surface area contributed by atoms with Gasteiger partial charge in [-0.15, -0.1) is 0 Å². The van der Waals surface area contributed by atoms with E-state index < -0.39 is 0 Å². The van der Waals surface area contributed by atoms with Crippen LogP contribution in [0.3, 0.4) is 0 Å². The second kappa shape index (κ2) is 16.9. The number of nitrogens with zero attached hydrogens (tertiary/aromatic N) is 4. The Morgan fingerprint density at radius 1 is 0.723 bits per heavy atom. The third-order valence-corrected chi connectivity index (χ3v) is 8.35. The van der Waals surface area contributed by atoms with Crippen molar-refractivity contribution in [3.8, 4) is 12.1 Å². The minimum atomic E-state index is -0.355. The number of H-pyrrole nitrogens is 2. The number of hydrogen-bond donors (Lipinski definition) is 4. The lowest BCUT2D eigenvalue weighted by Gasteiger charge is -2.11. The topological polar surface area (TPSA) is 197 Å². The van der Waals surface area contributed by atoms with Crippen molar-refractivity contribution in [3.63, 3.8) is 0 Å². The lowest BCUT2D eigenvalue weighted by atomic mass is 10.00. The zero-order chi connectivity index (χ0) is 33.8. The molecule has 14 heteroatoms. The van der Waals surface area contributed by atoms with E-state index in [0.29, 0.717) is 52.3 Å². The van der Waals surface area contributed by atoms with E-state index in [-0.39, 0.29) is 45.6 Å². The second-order valence-electron chi connectivity index (χ2n) is 10.4. The lowest BCUT2D eigenvalue weighted by molar-refractivity contribution is -0.114. The largest absolute Gasteiger partial charge is 0.324 e. The number of carbonyl (C=O) groups excluding carboxylic acids is 2. The van der Waals surface area contributed by atoms with E-state index in [4.69, 9.17) is 0 Å². The number of amides is 2. The van der Waals surface area contributed by atoms with Crippen LogP contribution in [0.1, 0.15) is 60.3 Å². The highest BCUT2D eigenvalue weighted by molar-refractivity contribution is 8.00. The summed E-state index contributed by atoms with van der Waals surface area (Å²) >= 11 is 2.20. The third-order valence-electron chi connectivity index (χ3n) is 6.60. The molecule has 2 aromatic carbocycles. The highest BCUT2D eigenvalue weighted by Crippen LogP contribution is 2.23. The van der Waals surface area contributed by atoms with Gasteiger partial charge >= 0.3 is 0 Å². The predicted molar refractivity (Wildman–Crippen MR) is 182 cm³/mol. The van der Waals surface area contributed by atoms with Gasteiger partial charge in [-0.3, -0.25) is 19.2 Å². The summed E-state index contributed by atoms with van der Waals surface area (Å²) in [6.07, 6.45) is 3.41. The maximum Gasteiger partial charge on any atom is 0.251 e. The van der Waals surface area contributed by atoms with Crippen molar-refractivity contribution in [2.24, 2.45) is 0 Å². The van der Waals surface area contributed by atoms with Crippen LogP contribution in [0.25, 0.3) is 0 Å². The van der Waals surface area contributed by atoms with Crippen molar-refractivity contribution in [2.45, 2.75) is 56.3 Å². The number of aromatic nitrogens is 4. The summed E-state index contributed by atoms with van der Waals surface area (Å²) in [5.41, 5.74) is 3.61. The molecule has 0 aliphatic heterocycles. The summed E-state index contributed by atoms with van der Waals surface area (Å²) < 4.78 is 0. The molecular formula is C33H32N8O4S2. The van der Waals surface area contributed by atoms with Crippen LogP contribution in [0.15, 0.2) is 68.4 Å². The van der Waals surface area contributed by atoms with Crippen molar-refractivity contribution < 1.29 is 9.59 Å². The predicted octanol–water partition coefficient (Wildman–Crippen LogP) is 4.55. The summed E-state index contributed by atoms with van der Waals surface area (Å²) in [6.45, 7) is 3.98. The molecule has 2 aromatic heterocycles. The number of rotatable bonds is 14. The fraction of sp³-hybridized carbons (Fsp3) is 0.273. The Morgan fingerprint density at radius 3 is 1.53 bits per heavy atom. The maximum atomic E-state index is 12.6. The molecular weight excluding hydrogens is 637 g/mol. The van der Waals surface area contributed by atoms with Crippen molar-refractivity contribution in [3.05, 3.63) is 103 Å². The Kier molecular flexibility index (Phi) is 12.5. The molecule has 0 saturated carbocycles. The zero-order valence-corrected chi connectivity index (χ0v) is 27.4. The first-order valence-electron chi connectivity index (χ1n) is 14.8. The van der Waals surface area contributed by atoms with Crippen LogP contribution in [0.2, 0.25) is 0 Å². The van der Waals surface area contributed by atoms with Crippen molar-refractivity contribution in [2.75, 3.05) is 22.1 Å². The normalized spacial score (nSPS) is 10.6. The molecule has 240 valence electrons. The summed E-state index contributed by atoms with van der Waals surface area (Å²) in [5, 5.41) is 25.7. The molecule has 0 unspecified atom stereocenters. The van der Waals surface area contributed by atoms with Crippen molar-refractivity contribution >= 4 is 46.7 Å². The van der Waals surface area contributed by atoms with E-state index in [1.165, 1.54) is 12.1 Å². The molecule has 0 bridgehead atoms. The van der Waals surface area contributed by atoms with Crippen molar-refractivity contribution in [1.29, 1.82) is 10.5 Å². The number of carbonyl (C=O) groups is 2. The molecule has 0 radical (unpaired) electrons. The van der Waals surface area contributed by atoms with Crippen LogP contribution in [-0.4, -0.2) is 43.3 Å². The molecule has 2 heterocycles. The number of hydrogen-bond acceptors (Lipinski definition) is 10. The van der Waals surface area contributed by atoms with E-state index >= 15 is 0 Å². The highest BCUT2D eigenvalue weighted by Gasteiger charge is 2.13. The van der Waals surface area contributed by atoms with E-state index in [9.17, 15) is 29.7 Å². The Morgan fingerprint density at radius 2 is 1.15 bits per heavy atom. The number of aryl methyl sites for hydroxylation is 2. The molecule has 4 aromatic rings. The van der Waals surface area contributed by atoms with Gasteiger partial charge in [0.1, 0.15) is 12.1 Å². The quantitative estimate of drug-likeness (QED) is 0.109. The molecule has 0 aliphatic carbocycles. The molecule has 47 heavy (non-hydrogen) atoms.